The van der Waals surface area contributed by atoms with Crippen LogP contribution in [-0.4, -0.2) is 25.2 Å². The fourth-order valence-electron chi connectivity index (χ4n) is 3.71. The summed E-state index contributed by atoms with van der Waals surface area (Å²) in [5, 5.41) is 10.2. The molecule has 1 N–H and O–H groups in total. The molecule has 8 heteroatoms. The van der Waals surface area contributed by atoms with E-state index in [0.29, 0.717) is 30.0 Å². The molecule has 5 aromatic rings. The zero-order chi connectivity index (χ0) is 22.8. The van der Waals surface area contributed by atoms with Crippen LogP contribution in [0.3, 0.4) is 0 Å². The van der Waals surface area contributed by atoms with Crippen LogP contribution in [0.15, 0.2) is 83.2 Å². The van der Waals surface area contributed by atoms with Gasteiger partial charge in [-0.25, -0.2) is 9.67 Å². The lowest BCUT2D eigenvalue weighted by Gasteiger charge is -2.09. The minimum Gasteiger partial charge on any atom is -0.322 e. The van der Waals surface area contributed by atoms with Crippen LogP contribution in [0, 0.1) is 6.92 Å². The summed E-state index contributed by atoms with van der Waals surface area (Å²) < 4.78 is 3.46. The molecule has 1 amide bonds. The van der Waals surface area contributed by atoms with Gasteiger partial charge in [0.25, 0.3) is 11.5 Å². The average Bonchev–Trinajstić information content (AvgIpc) is 3.47. The molecule has 0 atom stereocenters. The van der Waals surface area contributed by atoms with E-state index in [4.69, 9.17) is 0 Å². The molecule has 0 spiro atoms. The number of aromatic nitrogens is 4. The fraction of sp³-hybridized carbons (Fsp3) is 0.120. The summed E-state index contributed by atoms with van der Waals surface area (Å²) in [5.41, 5.74) is 3.58. The smallest absolute Gasteiger partial charge is 0.256 e. The third-order valence-electron chi connectivity index (χ3n) is 5.33. The molecule has 0 unspecified atom stereocenters. The van der Waals surface area contributed by atoms with E-state index >= 15 is 0 Å². The van der Waals surface area contributed by atoms with Crippen LogP contribution in [0.4, 0.5) is 5.69 Å². The van der Waals surface area contributed by atoms with Crippen LogP contribution >= 0.6 is 11.3 Å². The van der Waals surface area contributed by atoms with Gasteiger partial charge in [-0.05, 0) is 48.2 Å². The molecule has 0 aliphatic carbocycles. The highest BCUT2D eigenvalue weighted by molar-refractivity contribution is 7.09. The summed E-state index contributed by atoms with van der Waals surface area (Å²) in [6.45, 7) is 2.96. The highest BCUT2D eigenvalue weighted by Gasteiger charge is 2.16. The van der Waals surface area contributed by atoms with Gasteiger partial charge in [-0.3, -0.25) is 9.59 Å². The van der Waals surface area contributed by atoms with Crippen LogP contribution in [0.2, 0.25) is 0 Å². The van der Waals surface area contributed by atoms with Crippen molar-refractivity contribution in [1.29, 1.82) is 0 Å². The quantitative estimate of drug-likeness (QED) is 0.414. The molecule has 4 aromatic heterocycles. The first-order valence-electron chi connectivity index (χ1n) is 10.5. The molecule has 1 aromatic carbocycles. The molecular weight excluding hydrogens is 434 g/mol. The average molecular weight is 456 g/mol. The van der Waals surface area contributed by atoms with Crippen molar-refractivity contribution in [2.75, 3.05) is 5.32 Å². The summed E-state index contributed by atoms with van der Waals surface area (Å²) in [5.74, 6) is -0.215. The summed E-state index contributed by atoms with van der Waals surface area (Å²) in [6.07, 6.45) is 3.46. The van der Waals surface area contributed by atoms with Crippen molar-refractivity contribution in [2.45, 2.75) is 20.0 Å². The Labute approximate surface area is 194 Å². The zero-order valence-corrected chi connectivity index (χ0v) is 18.7. The lowest BCUT2D eigenvalue weighted by atomic mass is 10.1. The van der Waals surface area contributed by atoms with Crippen LogP contribution in [0.25, 0.3) is 11.0 Å². The molecule has 4 heterocycles. The Morgan fingerprint density at radius 3 is 2.67 bits per heavy atom. The Kier molecular flexibility index (Phi) is 5.58. The van der Waals surface area contributed by atoms with E-state index in [9.17, 15) is 9.59 Å². The van der Waals surface area contributed by atoms with Crippen LogP contribution < -0.4 is 10.9 Å². The van der Waals surface area contributed by atoms with Crippen LogP contribution in [0.1, 0.15) is 26.5 Å². The van der Waals surface area contributed by atoms with E-state index in [1.165, 1.54) is 10.9 Å². The van der Waals surface area contributed by atoms with Gasteiger partial charge in [-0.2, -0.15) is 5.10 Å². The van der Waals surface area contributed by atoms with Gasteiger partial charge >= 0.3 is 0 Å². The number of carbonyl (C=O) groups is 1. The number of hydrogen-bond acceptors (Lipinski definition) is 5. The Morgan fingerprint density at radius 2 is 1.91 bits per heavy atom. The van der Waals surface area contributed by atoms with E-state index in [0.717, 1.165) is 16.6 Å². The van der Waals surface area contributed by atoms with Crippen LogP contribution in [-0.2, 0) is 13.1 Å². The van der Waals surface area contributed by atoms with Crippen molar-refractivity contribution in [3.63, 3.8) is 0 Å². The predicted molar refractivity (Wildman–Crippen MR) is 130 cm³/mol. The van der Waals surface area contributed by atoms with Crippen molar-refractivity contribution >= 4 is 34.0 Å². The normalized spacial score (nSPS) is 11.1. The van der Waals surface area contributed by atoms with Crippen molar-refractivity contribution in [3.8, 4) is 0 Å². The van der Waals surface area contributed by atoms with E-state index in [1.54, 1.807) is 40.4 Å². The molecule has 0 fully saturated rings. The third kappa shape index (κ3) is 4.47. The maximum atomic E-state index is 13.1. The molecule has 7 nitrogen and oxygen atoms in total. The fourth-order valence-corrected chi connectivity index (χ4v) is 4.39. The summed E-state index contributed by atoms with van der Waals surface area (Å²) >= 11 is 1.66. The zero-order valence-electron chi connectivity index (χ0n) is 17.9. The van der Waals surface area contributed by atoms with Crippen molar-refractivity contribution in [2.24, 2.45) is 0 Å². The number of hydrogen-bond donors (Lipinski definition) is 1. The molecule has 0 aliphatic rings. The standard InChI is InChI=1S/C25H21N5O2S/c1-17-13-21(22-14-26-30(24(22)27-17)16-20-5-4-12-33-20)25(32)28-19-9-7-18(8-10-19)15-29-11-3-2-6-23(29)31/h2-14H,15-16H2,1H3,(H,28,32). The molecule has 5 rings (SSSR count). The van der Waals surface area contributed by atoms with Crippen molar-refractivity contribution in [1.82, 2.24) is 19.3 Å². The van der Waals surface area contributed by atoms with Gasteiger partial charge in [0, 0.05) is 28.5 Å². The van der Waals surface area contributed by atoms with Gasteiger partial charge in [0.05, 0.1) is 30.2 Å². The second kappa shape index (κ2) is 8.84. The highest BCUT2D eigenvalue weighted by Crippen LogP contribution is 2.22. The molecule has 0 radical (unpaired) electrons. The number of fused-ring (bicyclic) bond motifs is 1. The highest BCUT2D eigenvalue weighted by atomic mass is 32.1. The molecule has 0 bridgehead atoms. The maximum absolute atomic E-state index is 13.1. The topological polar surface area (TPSA) is 81.8 Å². The molecule has 164 valence electrons. The second-order valence-corrected chi connectivity index (χ2v) is 8.78. The summed E-state index contributed by atoms with van der Waals surface area (Å²) in [6, 6.07) is 18.4. The van der Waals surface area contributed by atoms with Gasteiger partial charge in [0.2, 0.25) is 0 Å². The Bertz CT molecular complexity index is 1480. The number of amides is 1. The van der Waals surface area contributed by atoms with Gasteiger partial charge in [-0.15, -0.1) is 11.3 Å². The van der Waals surface area contributed by atoms with Gasteiger partial charge < -0.3 is 9.88 Å². The summed E-state index contributed by atoms with van der Waals surface area (Å²) in [4.78, 5) is 30.8. The molecule has 0 saturated carbocycles. The largest absolute Gasteiger partial charge is 0.322 e. The van der Waals surface area contributed by atoms with Crippen molar-refractivity contribution in [3.05, 3.63) is 110 Å². The molecule has 0 saturated heterocycles. The number of rotatable bonds is 6. The number of nitrogens with one attached hydrogen (secondary N) is 1. The van der Waals surface area contributed by atoms with E-state index < -0.39 is 0 Å². The summed E-state index contributed by atoms with van der Waals surface area (Å²) in [7, 11) is 0. The lowest BCUT2D eigenvalue weighted by molar-refractivity contribution is 0.102. The lowest BCUT2D eigenvalue weighted by Crippen LogP contribution is -2.18. The number of benzene rings is 1. The Balaban J connectivity index is 1.36. The number of thiophene rings is 1. The van der Waals surface area contributed by atoms with Crippen LogP contribution in [0.5, 0.6) is 0 Å². The van der Waals surface area contributed by atoms with Gasteiger partial charge in [0.1, 0.15) is 0 Å². The monoisotopic (exact) mass is 455 g/mol. The number of pyridine rings is 2. The minimum atomic E-state index is -0.215. The first-order valence-corrected chi connectivity index (χ1v) is 11.4. The maximum Gasteiger partial charge on any atom is 0.256 e. The van der Waals surface area contributed by atoms with Crippen molar-refractivity contribution < 1.29 is 4.79 Å². The molecular formula is C25H21N5O2S. The number of nitrogens with zero attached hydrogens (tertiary/aromatic N) is 4. The number of carbonyl (C=O) groups excluding carboxylic acids is 1. The van der Waals surface area contributed by atoms with Gasteiger partial charge in [0.15, 0.2) is 5.65 Å². The minimum absolute atomic E-state index is 0.0495. The number of aryl methyl sites for hydroxylation is 1. The molecule has 0 aliphatic heterocycles. The van der Waals surface area contributed by atoms with E-state index in [-0.39, 0.29) is 11.5 Å². The van der Waals surface area contributed by atoms with E-state index in [2.05, 4.69) is 21.5 Å². The third-order valence-corrected chi connectivity index (χ3v) is 6.19. The first-order chi connectivity index (χ1) is 16.1. The Morgan fingerprint density at radius 1 is 1.06 bits per heavy atom. The second-order valence-electron chi connectivity index (χ2n) is 7.75. The predicted octanol–water partition coefficient (Wildman–Crippen LogP) is 4.31. The SMILES string of the molecule is Cc1cc(C(=O)Nc2ccc(Cn3ccccc3=O)cc2)c2cnn(Cc3cccs3)c2n1. The first kappa shape index (κ1) is 20.8. The number of anilines is 1. The Hall–Kier alpha value is -4.04. The van der Waals surface area contributed by atoms with Gasteiger partial charge in [-0.1, -0.05) is 24.3 Å². The van der Waals surface area contributed by atoms with E-state index in [1.807, 2.05) is 53.4 Å². The molecule has 33 heavy (non-hydrogen) atoms.